The first-order valence-electron chi connectivity index (χ1n) is 5.44. The molecule has 0 amide bonds. The van der Waals surface area contributed by atoms with Gasteiger partial charge in [-0.05, 0) is 28.8 Å². The predicted octanol–water partition coefficient (Wildman–Crippen LogP) is 3.80. The van der Waals surface area contributed by atoms with Gasteiger partial charge in [0.25, 0.3) is 0 Å². The summed E-state index contributed by atoms with van der Waals surface area (Å²) in [5.41, 5.74) is 0.743. The Morgan fingerprint density at radius 2 is 2.06 bits per heavy atom. The van der Waals surface area contributed by atoms with Crippen LogP contribution < -0.4 is 0 Å². The minimum atomic E-state index is -0.245. The first kappa shape index (κ1) is 17.4. The van der Waals surface area contributed by atoms with E-state index in [-0.39, 0.29) is 11.9 Å². The number of unbranched alkanes of at least 4 members (excludes halogenated alkanes) is 1. The summed E-state index contributed by atoms with van der Waals surface area (Å²) < 4.78 is 9.88. The molecular formula is C12H16Br2O4. The molecule has 0 unspecified atom stereocenters. The summed E-state index contributed by atoms with van der Waals surface area (Å²) in [6.45, 7) is 3.45. The van der Waals surface area contributed by atoms with Crippen LogP contribution >= 0.6 is 31.9 Å². The minimum absolute atomic E-state index is 0.231. The Hall–Kier alpha value is -0.620. The van der Waals surface area contributed by atoms with Gasteiger partial charge >= 0.3 is 11.9 Å². The lowest BCUT2D eigenvalue weighted by atomic mass is 10.1. The Labute approximate surface area is 124 Å². The van der Waals surface area contributed by atoms with Crippen molar-refractivity contribution in [1.82, 2.24) is 0 Å². The molecule has 1 heterocycles. The highest BCUT2D eigenvalue weighted by molar-refractivity contribution is 9.12. The maximum absolute atomic E-state index is 11.3. The molecule has 18 heavy (non-hydrogen) atoms. The smallest absolute Gasteiger partial charge is 0.340 e. The van der Waals surface area contributed by atoms with Crippen molar-refractivity contribution in [3.8, 4) is 0 Å². The van der Waals surface area contributed by atoms with E-state index in [1.807, 2.05) is 0 Å². The molecule has 0 aromatic heterocycles. The van der Waals surface area contributed by atoms with Crippen molar-refractivity contribution in [2.45, 2.75) is 33.1 Å². The van der Waals surface area contributed by atoms with E-state index in [0.717, 1.165) is 29.3 Å². The highest BCUT2D eigenvalue weighted by Gasteiger charge is 2.26. The first-order chi connectivity index (χ1) is 8.47. The van der Waals surface area contributed by atoms with Gasteiger partial charge in [0.05, 0.1) is 17.2 Å². The van der Waals surface area contributed by atoms with Gasteiger partial charge in [0.1, 0.15) is 0 Å². The third-order valence-corrected chi connectivity index (χ3v) is 3.38. The molecule has 0 aliphatic carbocycles. The fraction of sp³-hybridized carbons (Fsp3) is 0.500. The van der Waals surface area contributed by atoms with Gasteiger partial charge in [-0.25, -0.2) is 4.79 Å². The maximum atomic E-state index is 11.3. The van der Waals surface area contributed by atoms with E-state index < -0.39 is 0 Å². The fourth-order valence-electron chi connectivity index (χ4n) is 1.08. The van der Waals surface area contributed by atoms with Gasteiger partial charge in [-0.15, -0.1) is 0 Å². The van der Waals surface area contributed by atoms with E-state index >= 15 is 0 Å². The van der Waals surface area contributed by atoms with Crippen LogP contribution in [0.3, 0.4) is 0 Å². The van der Waals surface area contributed by atoms with Crippen LogP contribution in [0.15, 0.2) is 20.8 Å². The average molecular weight is 384 g/mol. The molecule has 0 radical (unpaired) electrons. The molecule has 0 aromatic rings. The second-order valence-electron chi connectivity index (χ2n) is 3.45. The zero-order valence-corrected chi connectivity index (χ0v) is 13.8. The van der Waals surface area contributed by atoms with Gasteiger partial charge in [-0.3, -0.25) is 4.79 Å². The Bertz CT molecular complexity index is 372. The zero-order valence-electron chi connectivity index (χ0n) is 10.6. The largest absolute Gasteiger partial charge is 0.469 e. The van der Waals surface area contributed by atoms with Gasteiger partial charge in [0, 0.05) is 11.9 Å². The molecule has 0 bridgehead atoms. The Balaban J connectivity index is 0.000000494. The van der Waals surface area contributed by atoms with Gasteiger partial charge < -0.3 is 9.47 Å². The normalized spacial score (nSPS) is 16.3. The van der Waals surface area contributed by atoms with E-state index in [1.165, 1.54) is 14.0 Å². The number of carbonyl (C=O) groups is 2. The lowest BCUT2D eigenvalue weighted by Gasteiger charge is -1.95. The molecule has 0 saturated heterocycles. The number of hydrogen-bond donors (Lipinski definition) is 0. The van der Waals surface area contributed by atoms with Crippen LogP contribution in [0, 0.1) is 0 Å². The summed E-state index contributed by atoms with van der Waals surface area (Å²) in [7, 11) is 1.35. The van der Waals surface area contributed by atoms with Crippen LogP contribution in [0.2, 0.25) is 0 Å². The average Bonchev–Trinajstić information content (AvgIpc) is 2.62. The molecule has 0 fully saturated rings. The zero-order chi connectivity index (χ0) is 14.1. The lowest BCUT2D eigenvalue weighted by molar-refractivity contribution is -0.138. The van der Waals surface area contributed by atoms with Crippen LogP contribution in [-0.2, 0) is 19.1 Å². The highest BCUT2D eigenvalue weighted by Crippen LogP contribution is 2.34. The SMILES string of the molecule is CCCCC1=C(Br)/C(=C/Br)OC1=O.COC(C)=O. The van der Waals surface area contributed by atoms with Crippen molar-refractivity contribution in [2.24, 2.45) is 0 Å². The van der Waals surface area contributed by atoms with Crippen molar-refractivity contribution in [1.29, 1.82) is 0 Å². The summed E-state index contributed by atoms with van der Waals surface area (Å²) in [6.07, 6.45) is 2.86. The quantitative estimate of drug-likeness (QED) is 0.695. The van der Waals surface area contributed by atoms with Gasteiger partial charge in [0.2, 0.25) is 0 Å². The molecule has 1 aliphatic rings. The van der Waals surface area contributed by atoms with E-state index in [4.69, 9.17) is 4.74 Å². The number of halogens is 2. The molecule has 102 valence electrons. The van der Waals surface area contributed by atoms with Crippen LogP contribution in [0.4, 0.5) is 0 Å². The fourth-order valence-corrected chi connectivity index (χ4v) is 2.27. The van der Waals surface area contributed by atoms with E-state index in [1.54, 1.807) is 4.99 Å². The molecule has 0 atom stereocenters. The third-order valence-electron chi connectivity index (χ3n) is 2.10. The second-order valence-corrected chi connectivity index (χ2v) is 4.71. The number of rotatable bonds is 3. The van der Waals surface area contributed by atoms with Crippen LogP contribution in [0.5, 0.6) is 0 Å². The van der Waals surface area contributed by atoms with Crippen molar-refractivity contribution in [3.63, 3.8) is 0 Å². The van der Waals surface area contributed by atoms with Crippen LogP contribution in [0.25, 0.3) is 0 Å². The lowest BCUT2D eigenvalue weighted by Crippen LogP contribution is -1.98. The molecule has 0 aromatic carbocycles. The summed E-state index contributed by atoms with van der Waals surface area (Å²) in [4.78, 5) is 22.5. The molecule has 1 rings (SSSR count). The summed E-state index contributed by atoms with van der Waals surface area (Å²) in [6, 6.07) is 0. The molecule has 4 nitrogen and oxygen atoms in total. The number of esters is 2. The third kappa shape index (κ3) is 5.82. The van der Waals surface area contributed by atoms with E-state index in [2.05, 4.69) is 43.5 Å². The van der Waals surface area contributed by atoms with Crippen molar-refractivity contribution in [2.75, 3.05) is 7.11 Å². The van der Waals surface area contributed by atoms with E-state index in [9.17, 15) is 9.59 Å². The monoisotopic (exact) mass is 382 g/mol. The maximum Gasteiger partial charge on any atom is 0.340 e. The molecule has 0 N–H and O–H groups in total. The Kier molecular flexibility index (Phi) is 9.01. The van der Waals surface area contributed by atoms with Crippen molar-refractivity contribution >= 4 is 43.8 Å². The van der Waals surface area contributed by atoms with Crippen LogP contribution in [0.1, 0.15) is 33.1 Å². The summed E-state index contributed by atoms with van der Waals surface area (Å²) in [5, 5.41) is 0. The number of cyclic esters (lactones) is 1. The Morgan fingerprint density at radius 3 is 2.39 bits per heavy atom. The highest BCUT2D eigenvalue weighted by atomic mass is 79.9. The number of ether oxygens (including phenoxy) is 2. The van der Waals surface area contributed by atoms with Crippen LogP contribution in [-0.4, -0.2) is 19.0 Å². The molecular weight excluding hydrogens is 368 g/mol. The first-order valence-corrected chi connectivity index (χ1v) is 7.14. The number of carbonyl (C=O) groups excluding carboxylic acids is 2. The van der Waals surface area contributed by atoms with E-state index in [0.29, 0.717) is 5.76 Å². The van der Waals surface area contributed by atoms with Crippen molar-refractivity contribution < 1.29 is 19.1 Å². The predicted molar refractivity (Wildman–Crippen MR) is 76.3 cm³/mol. The van der Waals surface area contributed by atoms with Gasteiger partial charge in [-0.2, -0.15) is 0 Å². The second kappa shape index (κ2) is 9.33. The minimum Gasteiger partial charge on any atom is -0.469 e. The molecule has 1 aliphatic heterocycles. The summed E-state index contributed by atoms with van der Waals surface area (Å²) >= 11 is 6.47. The summed E-state index contributed by atoms with van der Waals surface area (Å²) in [5.74, 6) is 0.0899. The molecule has 6 heteroatoms. The topological polar surface area (TPSA) is 52.6 Å². The molecule has 0 spiro atoms. The molecule has 0 saturated carbocycles. The van der Waals surface area contributed by atoms with Gasteiger partial charge in [-0.1, -0.05) is 29.3 Å². The number of hydrogen-bond acceptors (Lipinski definition) is 4. The Morgan fingerprint density at radius 1 is 1.50 bits per heavy atom. The van der Waals surface area contributed by atoms with Gasteiger partial charge in [0.15, 0.2) is 5.76 Å². The number of methoxy groups -OCH3 is 1. The van der Waals surface area contributed by atoms with Crippen molar-refractivity contribution in [3.05, 3.63) is 20.8 Å². The standard InChI is InChI=1S/C9H10Br2O2.C3H6O2/c1-2-3-4-6-8(11)7(5-10)13-9(6)12;1-3(4)5-2/h5H,2-4H2,1H3;1-2H3/b7-5-;. The number of allylic oxidation sites excluding steroid dienone is 1.